The Bertz CT molecular complexity index is 386. The van der Waals surface area contributed by atoms with Crippen LogP contribution in [0.2, 0.25) is 0 Å². The minimum Gasteiger partial charge on any atom is -0.489 e. The molecule has 0 bridgehead atoms. The second-order valence-electron chi connectivity index (χ2n) is 4.89. The van der Waals surface area contributed by atoms with E-state index in [0.29, 0.717) is 6.61 Å². The van der Waals surface area contributed by atoms with Gasteiger partial charge in [-0.15, -0.1) is 0 Å². The molecule has 2 rings (SSSR count). The van der Waals surface area contributed by atoms with Crippen LogP contribution in [0.4, 0.5) is 0 Å². The van der Waals surface area contributed by atoms with Crippen molar-refractivity contribution in [2.75, 3.05) is 26.4 Å². The largest absolute Gasteiger partial charge is 0.489 e. The molecule has 0 radical (unpaired) electrons. The maximum absolute atomic E-state index is 5.65. The van der Waals surface area contributed by atoms with Gasteiger partial charge in [-0.05, 0) is 31.4 Å². The monoisotopic (exact) mass is 261 g/mol. The third kappa shape index (κ3) is 4.69. The van der Waals surface area contributed by atoms with Gasteiger partial charge in [-0.2, -0.15) is 0 Å². The second kappa shape index (κ2) is 7.97. The van der Waals surface area contributed by atoms with Crippen LogP contribution >= 0.6 is 0 Å². The molecule has 0 aliphatic carbocycles. The van der Waals surface area contributed by atoms with E-state index in [-0.39, 0.29) is 0 Å². The molecule has 0 spiro atoms. The van der Waals surface area contributed by atoms with Gasteiger partial charge < -0.3 is 14.8 Å². The quantitative estimate of drug-likeness (QED) is 0.766. The van der Waals surface area contributed by atoms with Crippen LogP contribution < -0.4 is 10.1 Å². The molecule has 19 heavy (non-hydrogen) atoms. The lowest BCUT2D eigenvalue weighted by Crippen LogP contribution is -2.27. The highest BCUT2D eigenvalue weighted by Crippen LogP contribution is 2.18. The smallest absolute Gasteiger partial charge is 0.124 e. The first kappa shape index (κ1) is 14.1. The van der Waals surface area contributed by atoms with E-state index in [9.17, 15) is 0 Å². The van der Waals surface area contributed by atoms with E-state index in [0.717, 1.165) is 38.0 Å². The first-order valence-electron chi connectivity index (χ1n) is 7.00. The average molecular weight is 261 g/mol. The topological polar surface area (TPSA) is 30.5 Å². The van der Waals surface area contributed by atoms with Crippen molar-refractivity contribution in [2.45, 2.75) is 19.4 Å². The van der Waals surface area contributed by atoms with E-state index in [1.165, 1.54) is 18.4 Å². The van der Waals surface area contributed by atoms with Crippen LogP contribution in [0.15, 0.2) is 36.9 Å². The lowest BCUT2D eigenvalue weighted by molar-refractivity contribution is 0.0662. The summed E-state index contributed by atoms with van der Waals surface area (Å²) in [6.45, 7) is 7.95. The Labute approximate surface area is 115 Å². The Morgan fingerprint density at radius 2 is 2.11 bits per heavy atom. The summed E-state index contributed by atoms with van der Waals surface area (Å²) in [6, 6.07) is 8.16. The third-order valence-electron chi connectivity index (χ3n) is 3.42. The number of benzene rings is 1. The zero-order valence-electron chi connectivity index (χ0n) is 11.4. The second-order valence-corrected chi connectivity index (χ2v) is 4.89. The molecule has 1 N–H and O–H groups in total. The van der Waals surface area contributed by atoms with Gasteiger partial charge in [0.2, 0.25) is 0 Å². The molecule has 0 amide bonds. The molecule has 1 aliphatic heterocycles. The SMILES string of the molecule is C=CCOc1ccccc1CNCC1CCOCC1. The fourth-order valence-corrected chi connectivity index (χ4v) is 2.30. The Kier molecular flexibility index (Phi) is 5.92. The van der Waals surface area contributed by atoms with Crippen molar-refractivity contribution in [1.29, 1.82) is 0 Å². The maximum Gasteiger partial charge on any atom is 0.124 e. The predicted molar refractivity (Wildman–Crippen MR) is 77.4 cm³/mol. The van der Waals surface area contributed by atoms with E-state index in [4.69, 9.17) is 9.47 Å². The molecule has 3 nitrogen and oxygen atoms in total. The molecular formula is C16H23NO2. The van der Waals surface area contributed by atoms with Crippen LogP contribution in [0, 0.1) is 5.92 Å². The van der Waals surface area contributed by atoms with E-state index in [2.05, 4.69) is 18.0 Å². The third-order valence-corrected chi connectivity index (χ3v) is 3.42. The van der Waals surface area contributed by atoms with E-state index in [1.807, 2.05) is 18.2 Å². The highest BCUT2D eigenvalue weighted by molar-refractivity contribution is 5.33. The van der Waals surface area contributed by atoms with Crippen molar-refractivity contribution in [3.63, 3.8) is 0 Å². The van der Waals surface area contributed by atoms with Crippen LogP contribution in [-0.4, -0.2) is 26.4 Å². The molecule has 1 aromatic carbocycles. The Morgan fingerprint density at radius 1 is 1.32 bits per heavy atom. The lowest BCUT2D eigenvalue weighted by Gasteiger charge is -2.22. The summed E-state index contributed by atoms with van der Waals surface area (Å²) in [5.41, 5.74) is 1.21. The summed E-state index contributed by atoms with van der Waals surface area (Å²) >= 11 is 0. The van der Waals surface area contributed by atoms with E-state index >= 15 is 0 Å². The molecule has 1 aromatic rings. The van der Waals surface area contributed by atoms with Crippen LogP contribution in [0.3, 0.4) is 0 Å². The molecule has 1 aliphatic rings. The summed E-state index contributed by atoms with van der Waals surface area (Å²) in [7, 11) is 0. The zero-order chi connectivity index (χ0) is 13.3. The first-order valence-corrected chi connectivity index (χ1v) is 7.00. The molecule has 0 atom stereocenters. The van der Waals surface area contributed by atoms with Gasteiger partial charge in [-0.1, -0.05) is 30.9 Å². The van der Waals surface area contributed by atoms with Crippen LogP contribution in [0.1, 0.15) is 18.4 Å². The fraction of sp³-hybridized carbons (Fsp3) is 0.500. The number of ether oxygens (including phenoxy) is 2. The molecular weight excluding hydrogens is 238 g/mol. The van der Waals surface area contributed by atoms with Crippen LogP contribution in [0.5, 0.6) is 5.75 Å². The molecule has 3 heteroatoms. The number of hydrogen-bond acceptors (Lipinski definition) is 3. The number of rotatable bonds is 7. The maximum atomic E-state index is 5.65. The summed E-state index contributed by atoms with van der Waals surface area (Å²) in [6.07, 6.45) is 4.11. The van der Waals surface area contributed by atoms with E-state index in [1.54, 1.807) is 6.08 Å². The highest BCUT2D eigenvalue weighted by Gasteiger charge is 2.13. The minimum atomic E-state index is 0.553. The van der Waals surface area contributed by atoms with Gasteiger partial charge >= 0.3 is 0 Å². The van der Waals surface area contributed by atoms with Crippen molar-refractivity contribution < 1.29 is 9.47 Å². The number of nitrogens with one attached hydrogen (secondary N) is 1. The van der Waals surface area contributed by atoms with Crippen molar-refractivity contribution in [2.24, 2.45) is 5.92 Å². The van der Waals surface area contributed by atoms with E-state index < -0.39 is 0 Å². The molecule has 0 unspecified atom stereocenters. The Balaban J connectivity index is 1.79. The van der Waals surface area contributed by atoms with Crippen LogP contribution in [0.25, 0.3) is 0 Å². The zero-order valence-corrected chi connectivity index (χ0v) is 11.4. The fourth-order valence-electron chi connectivity index (χ4n) is 2.30. The van der Waals surface area contributed by atoms with Gasteiger partial charge in [0.05, 0.1) is 0 Å². The van der Waals surface area contributed by atoms with Gasteiger partial charge in [0.1, 0.15) is 12.4 Å². The summed E-state index contributed by atoms with van der Waals surface area (Å²) in [5, 5.41) is 3.53. The van der Waals surface area contributed by atoms with Gasteiger partial charge in [0.15, 0.2) is 0 Å². The standard InChI is InChI=1S/C16H23NO2/c1-2-9-19-16-6-4-3-5-15(16)13-17-12-14-7-10-18-11-8-14/h2-6,14,17H,1,7-13H2. The molecule has 104 valence electrons. The summed E-state index contributed by atoms with van der Waals surface area (Å²) in [4.78, 5) is 0. The Hall–Kier alpha value is -1.32. The van der Waals surface area contributed by atoms with Gasteiger partial charge in [0, 0.05) is 25.3 Å². The van der Waals surface area contributed by atoms with Gasteiger partial charge in [0.25, 0.3) is 0 Å². The Morgan fingerprint density at radius 3 is 2.89 bits per heavy atom. The predicted octanol–water partition coefficient (Wildman–Crippen LogP) is 2.77. The van der Waals surface area contributed by atoms with Crippen molar-refractivity contribution in [3.8, 4) is 5.75 Å². The van der Waals surface area contributed by atoms with Gasteiger partial charge in [-0.25, -0.2) is 0 Å². The number of hydrogen-bond donors (Lipinski definition) is 1. The van der Waals surface area contributed by atoms with Crippen molar-refractivity contribution in [3.05, 3.63) is 42.5 Å². The average Bonchev–Trinajstić information content (AvgIpc) is 2.47. The molecule has 0 aromatic heterocycles. The van der Waals surface area contributed by atoms with Crippen molar-refractivity contribution >= 4 is 0 Å². The molecule has 0 saturated carbocycles. The first-order chi connectivity index (χ1) is 9.40. The normalized spacial score (nSPS) is 16.2. The summed E-state index contributed by atoms with van der Waals surface area (Å²) in [5.74, 6) is 1.69. The number of para-hydroxylation sites is 1. The summed E-state index contributed by atoms with van der Waals surface area (Å²) < 4.78 is 11.0. The van der Waals surface area contributed by atoms with Gasteiger partial charge in [-0.3, -0.25) is 0 Å². The lowest BCUT2D eigenvalue weighted by atomic mass is 10.0. The molecule has 1 heterocycles. The van der Waals surface area contributed by atoms with Crippen LogP contribution in [-0.2, 0) is 11.3 Å². The molecule has 1 fully saturated rings. The highest BCUT2D eigenvalue weighted by atomic mass is 16.5. The minimum absolute atomic E-state index is 0.553. The molecule has 1 saturated heterocycles. The van der Waals surface area contributed by atoms with Crippen molar-refractivity contribution in [1.82, 2.24) is 5.32 Å².